The van der Waals surface area contributed by atoms with Crippen molar-refractivity contribution in [2.45, 2.75) is 13.3 Å². The van der Waals surface area contributed by atoms with Crippen molar-refractivity contribution in [1.29, 1.82) is 0 Å². The lowest BCUT2D eigenvalue weighted by Crippen LogP contribution is -2.30. The summed E-state index contributed by atoms with van der Waals surface area (Å²) >= 11 is 0. The first-order valence-corrected chi connectivity index (χ1v) is 6.98. The van der Waals surface area contributed by atoms with Gasteiger partial charge in [0.15, 0.2) is 0 Å². The number of imide groups is 1. The summed E-state index contributed by atoms with van der Waals surface area (Å²) in [6.07, 6.45) is -2.65. The lowest BCUT2D eigenvalue weighted by atomic mass is 10.1. The van der Waals surface area contributed by atoms with E-state index < -0.39 is 24.8 Å². The molecule has 2 amide bonds. The molecule has 0 N–H and O–H groups in total. The Morgan fingerprint density at radius 1 is 1.04 bits per heavy atom. The van der Waals surface area contributed by atoms with Gasteiger partial charge in [0.05, 0.1) is 16.8 Å². The van der Waals surface area contributed by atoms with Crippen molar-refractivity contribution in [3.8, 4) is 5.75 Å². The number of carbonyl (C=O) groups excluding carboxylic acids is 2. The van der Waals surface area contributed by atoms with Crippen molar-refractivity contribution in [2.75, 3.05) is 11.5 Å². The molecule has 0 atom stereocenters. The summed E-state index contributed by atoms with van der Waals surface area (Å²) in [6, 6.07) is 11.2. The van der Waals surface area contributed by atoms with E-state index in [1.165, 1.54) is 6.07 Å². The number of carbonyl (C=O) groups is 2. The van der Waals surface area contributed by atoms with Crippen LogP contribution in [-0.2, 0) is 0 Å². The summed E-state index contributed by atoms with van der Waals surface area (Å²) in [5, 5.41) is 0. The number of benzene rings is 2. The maximum atomic E-state index is 12.5. The molecule has 0 spiro atoms. The van der Waals surface area contributed by atoms with Crippen LogP contribution in [0, 0.1) is 6.92 Å². The molecule has 0 saturated carbocycles. The van der Waals surface area contributed by atoms with Crippen LogP contribution in [0.4, 0.5) is 14.5 Å². The van der Waals surface area contributed by atoms with E-state index in [1.807, 2.05) is 0 Å². The summed E-state index contributed by atoms with van der Waals surface area (Å²) in [4.78, 5) is 26.0. The molecule has 3 rings (SSSR count). The molecule has 0 aliphatic carbocycles. The van der Waals surface area contributed by atoms with Gasteiger partial charge in [-0.05, 0) is 36.8 Å². The number of hydrogen-bond acceptors (Lipinski definition) is 3. The molecule has 0 saturated heterocycles. The van der Waals surface area contributed by atoms with Gasteiger partial charge in [0.25, 0.3) is 18.2 Å². The van der Waals surface area contributed by atoms with E-state index in [9.17, 15) is 18.4 Å². The Kier molecular flexibility index (Phi) is 3.82. The predicted molar refractivity (Wildman–Crippen MR) is 80.3 cm³/mol. The summed E-state index contributed by atoms with van der Waals surface area (Å²) in [5.41, 5.74) is 1.54. The zero-order chi connectivity index (χ0) is 16.6. The standard InChI is InChI=1S/C17H13F2NO3/c1-10-6-7-14(23-9-15(18)19)13(8-10)20-16(21)11-4-2-3-5-12(11)17(20)22/h2-8,15H,9H2,1H3. The Bertz CT molecular complexity index is 754. The molecule has 118 valence electrons. The SMILES string of the molecule is Cc1ccc(OCC(F)F)c(N2C(=O)c3ccccc3C2=O)c1. The van der Waals surface area contributed by atoms with Crippen LogP contribution in [0.3, 0.4) is 0 Å². The third-order valence-corrected chi connectivity index (χ3v) is 3.51. The van der Waals surface area contributed by atoms with E-state index >= 15 is 0 Å². The number of hydrogen-bond donors (Lipinski definition) is 0. The summed E-state index contributed by atoms with van der Waals surface area (Å²) in [6.45, 7) is 0.970. The number of alkyl halides is 2. The average molecular weight is 317 g/mol. The van der Waals surface area contributed by atoms with Crippen LogP contribution >= 0.6 is 0 Å². The average Bonchev–Trinajstić information content (AvgIpc) is 2.78. The Labute approximate surface area is 131 Å². The first-order valence-electron chi connectivity index (χ1n) is 6.98. The third kappa shape index (κ3) is 2.67. The maximum Gasteiger partial charge on any atom is 0.272 e. The molecule has 0 radical (unpaired) electrons. The van der Waals surface area contributed by atoms with Crippen molar-refractivity contribution >= 4 is 17.5 Å². The Hall–Kier alpha value is -2.76. The zero-order valence-corrected chi connectivity index (χ0v) is 12.3. The Balaban J connectivity index is 2.04. The van der Waals surface area contributed by atoms with Crippen LogP contribution in [-0.4, -0.2) is 24.8 Å². The van der Waals surface area contributed by atoms with Crippen LogP contribution in [0.1, 0.15) is 26.3 Å². The van der Waals surface area contributed by atoms with Gasteiger partial charge in [-0.15, -0.1) is 0 Å². The van der Waals surface area contributed by atoms with E-state index in [4.69, 9.17) is 4.74 Å². The van der Waals surface area contributed by atoms with Gasteiger partial charge >= 0.3 is 0 Å². The van der Waals surface area contributed by atoms with Gasteiger partial charge in [-0.25, -0.2) is 13.7 Å². The van der Waals surface area contributed by atoms with Crippen LogP contribution in [0.15, 0.2) is 42.5 Å². The minimum atomic E-state index is -2.65. The molecule has 1 heterocycles. The lowest BCUT2D eigenvalue weighted by Gasteiger charge is -2.19. The first-order chi connectivity index (χ1) is 11.0. The fourth-order valence-electron chi connectivity index (χ4n) is 2.49. The molecule has 0 aromatic heterocycles. The van der Waals surface area contributed by atoms with E-state index in [0.717, 1.165) is 10.5 Å². The van der Waals surface area contributed by atoms with E-state index in [0.29, 0.717) is 11.1 Å². The van der Waals surface area contributed by atoms with Crippen molar-refractivity contribution in [2.24, 2.45) is 0 Å². The minimum absolute atomic E-state index is 0.0745. The minimum Gasteiger partial charge on any atom is -0.485 e. The summed E-state index contributed by atoms with van der Waals surface area (Å²) < 4.78 is 29.9. The number of fused-ring (bicyclic) bond motifs is 1. The molecular formula is C17H13F2NO3. The van der Waals surface area contributed by atoms with Crippen molar-refractivity contribution < 1.29 is 23.1 Å². The van der Waals surface area contributed by atoms with Crippen LogP contribution < -0.4 is 9.64 Å². The van der Waals surface area contributed by atoms with Gasteiger partial charge in [-0.1, -0.05) is 18.2 Å². The number of amides is 2. The van der Waals surface area contributed by atoms with Crippen molar-refractivity contribution in [1.82, 2.24) is 0 Å². The normalized spacial score (nSPS) is 13.7. The monoisotopic (exact) mass is 317 g/mol. The molecule has 2 aromatic rings. The van der Waals surface area contributed by atoms with Gasteiger partial charge in [-0.2, -0.15) is 0 Å². The van der Waals surface area contributed by atoms with Crippen molar-refractivity contribution in [3.05, 3.63) is 59.2 Å². The van der Waals surface area contributed by atoms with Crippen LogP contribution in [0.2, 0.25) is 0 Å². The number of rotatable bonds is 4. The largest absolute Gasteiger partial charge is 0.485 e. The second-order valence-electron chi connectivity index (χ2n) is 5.16. The highest BCUT2D eigenvalue weighted by Crippen LogP contribution is 2.35. The number of nitrogens with zero attached hydrogens (tertiary/aromatic N) is 1. The lowest BCUT2D eigenvalue weighted by molar-refractivity contribution is 0.0817. The molecule has 1 aliphatic heterocycles. The molecule has 4 nitrogen and oxygen atoms in total. The molecule has 23 heavy (non-hydrogen) atoms. The van der Waals surface area contributed by atoms with Gasteiger partial charge in [-0.3, -0.25) is 9.59 Å². The van der Waals surface area contributed by atoms with Crippen LogP contribution in [0.5, 0.6) is 5.75 Å². The quantitative estimate of drug-likeness (QED) is 0.812. The number of ether oxygens (including phenoxy) is 1. The molecule has 0 bridgehead atoms. The molecular weight excluding hydrogens is 304 g/mol. The van der Waals surface area contributed by atoms with Crippen molar-refractivity contribution in [3.63, 3.8) is 0 Å². The maximum absolute atomic E-state index is 12.5. The molecule has 0 unspecified atom stereocenters. The summed E-state index contributed by atoms with van der Waals surface area (Å²) in [5.74, 6) is -0.901. The van der Waals surface area contributed by atoms with Gasteiger partial charge < -0.3 is 4.74 Å². The summed E-state index contributed by atoms with van der Waals surface area (Å²) in [7, 11) is 0. The van der Waals surface area contributed by atoms with Gasteiger partial charge in [0.2, 0.25) is 0 Å². The Morgan fingerprint density at radius 2 is 1.65 bits per heavy atom. The van der Waals surface area contributed by atoms with E-state index in [2.05, 4.69) is 0 Å². The fourth-order valence-corrected chi connectivity index (χ4v) is 2.49. The fraction of sp³-hybridized carbons (Fsp3) is 0.176. The molecule has 2 aromatic carbocycles. The van der Waals surface area contributed by atoms with Gasteiger partial charge in [0, 0.05) is 0 Å². The predicted octanol–water partition coefficient (Wildman–Crippen LogP) is 3.44. The highest BCUT2D eigenvalue weighted by atomic mass is 19.3. The zero-order valence-electron chi connectivity index (χ0n) is 12.3. The molecule has 0 fully saturated rings. The smallest absolute Gasteiger partial charge is 0.272 e. The second kappa shape index (κ2) is 5.79. The molecule has 6 heteroatoms. The number of halogens is 2. The second-order valence-corrected chi connectivity index (χ2v) is 5.16. The van der Waals surface area contributed by atoms with Gasteiger partial charge in [0.1, 0.15) is 12.4 Å². The third-order valence-electron chi connectivity index (χ3n) is 3.51. The topological polar surface area (TPSA) is 46.6 Å². The Morgan fingerprint density at radius 3 is 2.22 bits per heavy atom. The first kappa shape index (κ1) is 15.1. The van der Waals surface area contributed by atoms with Crippen LogP contribution in [0.25, 0.3) is 0 Å². The highest BCUT2D eigenvalue weighted by molar-refractivity contribution is 6.34. The number of aryl methyl sites for hydroxylation is 1. The highest BCUT2D eigenvalue weighted by Gasteiger charge is 2.37. The van der Waals surface area contributed by atoms with E-state index in [-0.39, 0.29) is 11.4 Å². The number of anilines is 1. The van der Waals surface area contributed by atoms with E-state index in [1.54, 1.807) is 43.3 Å². The molecule has 1 aliphatic rings.